The molecule has 5 rings (SSSR count). The highest BCUT2D eigenvalue weighted by molar-refractivity contribution is 9.11. The second-order valence-corrected chi connectivity index (χ2v) is 17.7. The standard InChI is InChI=1S/C41H47Br2Cl/c1-23-24(2)26(4)38(43)37(25(23)3)30-18-28(17-29(19-30)32-16-27(12-13-36(32)44)22-39(5,6)7)31-20-33-34(21-35(31)42)41(10,11)15-14-40(33,8)9/h12-13,16-21H,14-15,22H2,1-11H3. The lowest BCUT2D eigenvalue weighted by Gasteiger charge is -2.42. The van der Waals surface area contributed by atoms with Crippen molar-refractivity contribution in [3.05, 3.63) is 101 Å². The van der Waals surface area contributed by atoms with E-state index in [0.29, 0.717) is 0 Å². The molecule has 0 nitrogen and oxygen atoms in total. The van der Waals surface area contributed by atoms with Gasteiger partial charge < -0.3 is 0 Å². The molecule has 232 valence electrons. The van der Waals surface area contributed by atoms with E-state index >= 15 is 0 Å². The maximum Gasteiger partial charge on any atom is 0.0484 e. The van der Waals surface area contributed by atoms with Gasteiger partial charge in [-0.05, 0) is 188 Å². The molecule has 0 amide bonds. The van der Waals surface area contributed by atoms with Gasteiger partial charge in [0.25, 0.3) is 0 Å². The van der Waals surface area contributed by atoms with Crippen LogP contribution in [0.4, 0.5) is 0 Å². The summed E-state index contributed by atoms with van der Waals surface area (Å²) in [7, 11) is 0. The van der Waals surface area contributed by atoms with Crippen LogP contribution in [-0.4, -0.2) is 0 Å². The SMILES string of the molecule is Cc1c(C)c(C)c(-c2cc(-c3cc(CC(C)(C)C)ccc3Cl)cc(-c3cc4c(cc3Br)C(C)(C)CCC4(C)C)c2)c(Br)c1C. The van der Waals surface area contributed by atoms with Gasteiger partial charge in [-0.3, -0.25) is 0 Å². The molecule has 4 aromatic rings. The van der Waals surface area contributed by atoms with Crippen LogP contribution in [0.2, 0.25) is 5.02 Å². The molecule has 0 atom stereocenters. The Morgan fingerprint density at radius 3 is 1.77 bits per heavy atom. The third-order valence-corrected chi connectivity index (χ3v) is 12.1. The van der Waals surface area contributed by atoms with Crippen LogP contribution < -0.4 is 0 Å². The molecule has 0 fully saturated rings. The molecule has 0 bridgehead atoms. The van der Waals surface area contributed by atoms with Gasteiger partial charge in [-0.15, -0.1) is 0 Å². The highest BCUT2D eigenvalue weighted by atomic mass is 79.9. The Morgan fingerprint density at radius 1 is 0.659 bits per heavy atom. The maximum atomic E-state index is 7.01. The minimum Gasteiger partial charge on any atom is -0.0837 e. The number of halogens is 3. The monoisotopic (exact) mass is 732 g/mol. The zero-order valence-corrected chi connectivity index (χ0v) is 32.3. The summed E-state index contributed by atoms with van der Waals surface area (Å²) in [5.74, 6) is 0. The Kier molecular flexibility index (Phi) is 8.93. The van der Waals surface area contributed by atoms with Crippen molar-refractivity contribution < 1.29 is 0 Å². The highest BCUT2D eigenvalue weighted by Gasteiger charge is 2.37. The summed E-state index contributed by atoms with van der Waals surface area (Å²) in [6.45, 7) is 25.4. The first-order valence-corrected chi connectivity index (χ1v) is 17.8. The summed E-state index contributed by atoms with van der Waals surface area (Å²) in [4.78, 5) is 0. The van der Waals surface area contributed by atoms with Gasteiger partial charge in [0.2, 0.25) is 0 Å². The van der Waals surface area contributed by atoms with Crippen molar-refractivity contribution in [2.24, 2.45) is 5.41 Å². The predicted molar refractivity (Wildman–Crippen MR) is 201 cm³/mol. The Balaban J connectivity index is 1.83. The predicted octanol–water partition coefficient (Wildman–Crippen LogP) is 14.0. The van der Waals surface area contributed by atoms with E-state index < -0.39 is 0 Å². The summed E-state index contributed by atoms with van der Waals surface area (Å²) in [5, 5.41) is 0.783. The van der Waals surface area contributed by atoms with Crippen LogP contribution in [0, 0.1) is 33.1 Å². The summed E-state index contributed by atoms with van der Waals surface area (Å²) in [5.41, 5.74) is 17.1. The van der Waals surface area contributed by atoms with E-state index in [1.165, 1.54) is 78.5 Å². The molecule has 0 saturated carbocycles. The molecule has 0 radical (unpaired) electrons. The zero-order valence-electron chi connectivity index (χ0n) is 28.4. The second kappa shape index (κ2) is 11.7. The summed E-state index contributed by atoms with van der Waals surface area (Å²) in [6.07, 6.45) is 3.37. The van der Waals surface area contributed by atoms with Gasteiger partial charge >= 0.3 is 0 Å². The summed E-state index contributed by atoms with van der Waals surface area (Å²) in [6, 6.07) is 18.5. The van der Waals surface area contributed by atoms with Gasteiger partial charge in [0.15, 0.2) is 0 Å². The number of hydrogen-bond acceptors (Lipinski definition) is 0. The lowest BCUT2D eigenvalue weighted by molar-refractivity contribution is 0.332. The summed E-state index contributed by atoms with van der Waals surface area (Å²) >= 11 is 15.1. The highest BCUT2D eigenvalue weighted by Crippen LogP contribution is 2.50. The molecule has 0 saturated heterocycles. The average Bonchev–Trinajstić information content (AvgIpc) is 2.93. The van der Waals surface area contributed by atoms with Crippen LogP contribution in [0.1, 0.15) is 100 Å². The van der Waals surface area contributed by atoms with Crippen LogP contribution in [0.15, 0.2) is 57.5 Å². The number of rotatable bonds is 4. The topological polar surface area (TPSA) is 0 Å². The number of fused-ring (bicyclic) bond motifs is 1. The van der Waals surface area contributed by atoms with Crippen LogP contribution in [0.5, 0.6) is 0 Å². The zero-order chi connectivity index (χ0) is 32.5. The van der Waals surface area contributed by atoms with Crippen molar-refractivity contribution in [1.82, 2.24) is 0 Å². The van der Waals surface area contributed by atoms with Crippen molar-refractivity contribution in [3.8, 4) is 33.4 Å². The van der Waals surface area contributed by atoms with Crippen molar-refractivity contribution in [2.45, 2.75) is 106 Å². The van der Waals surface area contributed by atoms with Crippen molar-refractivity contribution in [1.29, 1.82) is 0 Å². The molecule has 4 aromatic carbocycles. The van der Waals surface area contributed by atoms with Gasteiger partial charge in [-0.1, -0.05) is 82.1 Å². The third kappa shape index (κ3) is 6.25. The van der Waals surface area contributed by atoms with E-state index in [9.17, 15) is 0 Å². The molecular formula is C41H47Br2Cl. The smallest absolute Gasteiger partial charge is 0.0484 e. The average molecular weight is 735 g/mol. The first-order valence-electron chi connectivity index (χ1n) is 15.9. The van der Waals surface area contributed by atoms with Crippen molar-refractivity contribution in [3.63, 3.8) is 0 Å². The fourth-order valence-corrected chi connectivity index (χ4v) is 8.64. The van der Waals surface area contributed by atoms with Crippen molar-refractivity contribution >= 4 is 43.5 Å². The Morgan fingerprint density at radius 2 is 1.18 bits per heavy atom. The van der Waals surface area contributed by atoms with Crippen LogP contribution in [0.3, 0.4) is 0 Å². The van der Waals surface area contributed by atoms with E-state index in [1.54, 1.807) is 0 Å². The van der Waals surface area contributed by atoms with Crippen molar-refractivity contribution in [2.75, 3.05) is 0 Å². The van der Waals surface area contributed by atoms with E-state index in [2.05, 4.69) is 157 Å². The first kappa shape index (κ1) is 33.5. The lowest BCUT2D eigenvalue weighted by atomic mass is 9.63. The van der Waals surface area contributed by atoms with Gasteiger partial charge in [0.1, 0.15) is 0 Å². The number of hydrogen-bond donors (Lipinski definition) is 0. The fraction of sp³-hybridized carbons (Fsp3) is 0.415. The molecule has 0 aromatic heterocycles. The quantitative estimate of drug-likeness (QED) is 0.196. The third-order valence-electron chi connectivity index (χ3n) is 10.2. The largest absolute Gasteiger partial charge is 0.0837 e. The van der Waals surface area contributed by atoms with Crippen LogP contribution >= 0.6 is 43.5 Å². The van der Waals surface area contributed by atoms with Gasteiger partial charge in [-0.2, -0.15) is 0 Å². The number of benzene rings is 4. The van der Waals surface area contributed by atoms with Gasteiger partial charge in [0.05, 0.1) is 0 Å². The van der Waals surface area contributed by atoms with Gasteiger partial charge in [-0.25, -0.2) is 0 Å². The van der Waals surface area contributed by atoms with Crippen LogP contribution in [-0.2, 0) is 17.3 Å². The molecule has 44 heavy (non-hydrogen) atoms. The van der Waals surface area contributed by atoms with E-state index in [4.69, 9.17) is 11.6 Å². The molecular weight excluding hydrogens is 688 g/mol. The maximum absolute atomic E-state index is 7.01. The van der Waals surface area contributed by atoms with E-state index in [1.807, 2.05) is 0 Å². The first-order chi connectivity index (χ1) is 20.3. The molecule has 1 aliphatic carbocycles. The molecule has 0 N–H and O–H groups in total. The minimum absolute atomic E-state index is 0.121. The lowest BCUT2D eigenvalue weighted by Crippen LogP contribution is -2.33. The fourth-order valence-electron chi connectivity index (χ4n) is 7.02. The normalized spacial score (nSPS) is 15.8. The molecule has 0 heterocycles. The Bertz CT molecular complexity index is 1750. The molecule has 0 aliphatic heterocycles. The Hall–Kier alpha value is -1.87. The molecule has 0 spiro atoms. The minimum atomic E-state index is 0.121. The summed E-state index contributed by atoms with van der Waals surface area (Å²) < 4.78 is 2.31. The molecule has 1 aliphatic rings. The van der Waals surface area contributed by atoms with Crippen LogP contribution in [0.25, 0.3) is 33.4 Å². The van der Waals surface area contributed by atoms with E-state index in [0.717, 1.165) is 27.0 Å². The molecule has 0 unspecified atom stereocenters. The molecule has 3 heteroatoms. The van der Waals surface area contributed by atoms with Gasteiger partial charge in [0, 0.05) is 19.5 Å². The second-order valence-electron chi connectivity index (χ2n) is 15.7. The van der Waals surface area contributed by atoms with E-state index in [-0.39, 0.29) is 16.2 Å². The Labute approximate surface area is 288 Å².